The van der Waals surface area contributed by atoms with E-state index < -0.39 is 18.0 Å². The fourth-order valence-corrected chi connectivity index (χ4v) is 3.53. The molecule has 10 nitrogen and oxygen atoms in total. The number of phenols is 1. The summed E-state index contributed by atoms with van der Waals surface area (Å²) in [6.07, 6.45) is 1.22. The van der Waals surface area contributed by atoms with Crippen LogP contribution in [0.2, 0.25) is 0 Å². The first-order valence-corrected chi connectivity index (χ1v) is 12.3. The van der Waals surface area contributed by atoms with Crippen LogP contribution in [0.25, 0.3) is 22.3 Å². The maximum absolute atomic E-state index is 12.5. The van der Waals surface area contributed by atoms with Crippen molar-refractivity contribution in [3.63, 3.8) is 0 Å². The molecule has 4 aromatic rings. The highest BCUT2D eigenvalue weighted by Crippen LogP contribution is 2.25. The Labute approximate surface area is 229 Å². The lowest BCUT2D eigenvalue weighted by atomic mass is 10.1. The number of fused-ring (bicyclic) bond motifs is 1. The van der Waals surface area contributed by atoms with E-state index in [-0.39, 0.29) is 17.8 Å². The van der Waals surface area contributed by atoms with E-state index in [9.17, 15) is 24.6 Å². The number of carboxylic acids is 2. The molecule has 3 aromatic carbocycles. The predicted molar refractivity (Wildman–Crippen MR) is 149 cm³/mol. The smallest absolute Gasteiger partial charge is 0.328 e. The molecule has 1 heterocycles. The van der Waals surface area contributed by atoms with Gasteiger partial charge in [0.2, 0.25) is 0 Å². The fourth-order valence-electron chi connectivity index (χ4n) is 3.53. The van der Waals surface area contributed by atoms with Crippen molar-refractivity contribution in [2.75, 3.05) is 19.7 Å². The largest absolute Gasteiger partial charge is 0.508 e. The molecule has 1 atom stereocenters. The van der Waals surface area contributed by atoms with Crippen LogP contribution in [0.3, 0.4) is 0 Å². The van der Waals surface area contributed by atoms with Crippen molar-refractivity contribution in [1.82, 2.24) is 5.32 Å². The predicted octanol–water partition coefficient (Wildman–Crippen LogP) is 3.45. The van der Waals surface area contributed by atoms with Gasteiger partial charge in [0.1, 0.15) is 35.6 Å². The van der Waals surface area contributed by atoms with Crippen molar-refractivity contribution in [1.29, 1.82) is 0 Å². The normalized spacial score (nSPS) is 11.5. The Morgan fingerprint density at radius 2 is 1.60 bits per heavy atom. The molecular formula is C30H29NO9. The van der Waals surface area contributed by atoms with E-state index in [4.69, 9.17) is 19.4 Å². The molecule has 0 fully saturated rings. The lowest BCUT2D eigenvalue weighted by Crippen LogP contribution is -2.32. The zero-order valence-electron chi connectivity index (χ0n) is 21.4. The molecule has 0 aliphatic heterocycles. The first-order chi connectivity index (χ1) is 19.2. The molecule has 0 saturated carbocycles. The summed E-state index contributed by atoms with van der Waals surface area (Å²) in [5, 5.41) is 38.8. The number of hydrogen-bond donors (Lipinski definition) is 5. The number of rotatable bonds is 11. The third kappa shape index (κ3) is 9.75. The lowest BCUT2D eigenvalue weighted by Gasteiger charge is -2.14. The van der Waals surface area contributed by atoms with Crippen LogP contribution < -0.4 is 15.5 Å². The Kier molecular flexibility index (Phi) is 11.0. The van der Waals surface area contributed by atoms with Crippen LogP contribution in [-0.2, 0) is 16.0 Å². The first-order valence-electron chi connectivity index (χ1n) is 12.3. The van der Waals surface area contributed by atoms with Crippen molar-refractivity contribution in [2.24, 2.45) is 0 Å². The molecule has 4 rings (SSSR count). The van der Waals surface area contributed by atoms with Crippen LogP contribution >= 0.6 is 0 Å². The van der Waals surface area contributed by atoms with Crippen LogP contribution in [0.5, 0.6) is 11.5 Å². The third-order valence-corrected chi connectivity index (χ3v) is 5.48. The molecule has 0 spiro atoms. The zero-order valence-corrected chi connectivity index (χ0v) is 21.4. The quantitative estimate of drug-likeness (QED) is 0.139. The molecule has 1 aromatic heterocycles. The average Bonchev–Trinajstić information content (AvgIpc) is 2.94. The summed E-state index contributed by atoms with van der Waals surface area (Å²) in [4.78, 5) is 31.6. The number of aliphatic carboxylic acids is 2. The molecule has 208 valence electrons. The van der Waals surface area contributed by atoms with Gasteiger partial charge in [0.25, 0.3) is 0 Å². The van der Waals surface area contributed by atoms with Gasteiger partial charge in [-0.05, 0) is 42.8 Å². The van der Waals surface area contributed by atoms with E-state index in [0.717, 1.165) is 17.5 Å². The molecule has 5 N–H and O–H groups in total. The monoisotopic (exact) mass is 547 g/mol. The van der Waals surface area contributed by atoms with Gasteiger partial charge in [-0.25, -0.2) is 9.59 Å². The van der Waals surface area contributed by atoms with E-state index in [0.29, 0.717) is 47.7 Å². The molecule has 10 heteroatoms. The van der Waals surface area contributed by atoms with Gasteiger partial charge in [-0.15, -0.1) is 0 Å². The molecule has 0 saturated heterocycles. The number of hydrogen-bond acceptors (Lipinski definition) is 8. The highest BCUT2D eigenvalue weighted by atomic mass is 16.5. The van der Waals surface area contributed by atoms with Gasteiger partial charge in [0.15, 0.2) is 5.43 Å². The second-order valence-electron chi connectivity index (χ2n) is 8.59. The number of carboxylic acid groups (broad SMARTS) is 2. The standard InChI is InChI=1S/C26H25NO5.C4H4O4/c28-20-8-6-18(7-9-20)12-13-27-16-21(29)17-31-22-10-11-23-24(30)15-25(32-26(23)14-22)19-4-2-1-3-5-19;5-3(6)1-2-4(7)8/h1-11,14-15,21,27-29H,12-13,16-17H2;1-2H,(H,5,6)(H,7,8). The lowest BCUT2D eigenvalue weighted by molar-refractivity contribution is -0.134. The maximum atomic E-state index is 12.5. The molecule has 0 bridgehead atoms. The molecule has 0 amide bonds. The minimum Gasteiger partial charge on any atom is -0.508 e. The van der Waals surface area contributed by atoms with Crippen molar-refractivity contribution in [2.45, 2.75) is 12.5 Å². The second-order valence-corrected chi connectivity index (χ2v) is 8.59. The second kappa shape index (κ2) is 14.9. The van der Waals surface area contributed by atoms with Gasteiger partial charge < -0.3 is 34.9 Å². The molecule has 1 unspecified atom stereocenters. The van der Waals surface area contributed by atoms with Crippen LogP contribution in [-0.4, -0.2) is 58.2 Å². The Bertz CT molecular complexity index is 1480. The minimum absolute atomic E-state index is 0.111. The molecule has 0 aliphatic carbocycles. The van der Waals surface area contributed by atoms with E-state index in [2.05, 4.69) is 5.32 Å². The Hall–Kier alpha value is -4.93. The average molecular weight is 548 g/mol. The summed E-state index contributed by atoms with van der Waals surface area (Å²) in [6, 6.07) is 23.1. The first kappa shape index (κ1) is 29.6. The van der Waals surface area contributed by atoms with Gasteiger partial charge in [0, 0.05) is 36.4 Å². The number of ether oxygens (including phenoxy) is 1. The maximum Gasteiger partial charge on any atom is 0.328 e. The molecule has 40 heavy (non-hydrogen) atoms. The summed E-state index contributed by atoms with van der Waals surface area (Å²) in [7, 11) is 0. The molecular weight excluding hydrogens is 518 g/mol. The van der Waals surface area contributed by atoms with E-state index in [1.807, 2.05) is 42.5 Å². The van der Waals surface area contributed by atoms with Crippen molar-refractivity contribution in [3.05, 3.63) is 107 Å². The molecule has 0 radical (unpaired) electrons. The van der Waals surface area contributed by atoms with Gasteiger partial charge in [-0.3, -0.25) is 4.79 Å². The minimum atomic E-state index is -1.26. The Morgan fingerprint density at radius 3 is 2.25 bits per heavy atom. The van der Waals surface area contributed by atoms with Gasteiger partial charge >= 0.3 is 11.9 Å². The Morgan fingerprint density at radius 1 is 0.925 bits per heavy atom. The Balaban J connectivity index is 0.000000482. The van der Waals surface area contributed by atoms with Crippen LogP contribution in [0.15, 0.2) is 100 Å². The number of aromatic hydroxyl groups is 1. The van der Waals surface area contributed by atoms with Crippen molar-refractivity contribution >= 4 is 22.9 Å². The number of aliphatic hydroxyl groups is 1. The topological polar surface area (TPSA) is 167 Å². The summed E-state index contributed by atoms with van der Waals surface area (Å²) < 4.78 is 11.6. The van der Waals surface area contributed by atoms with E-state index >= 15 is 0 Å². The van der Waals surface area contributed by atoms with Crippen LogP contribution in [0.4, 0.5) is 0 Å². The van der Waals surface area contributed by atoms with E-state index in [1.54, 1.807) is 30.3 Å². The number of phenolic OH excluding ortho intramolecular Hbond substituents is 1. The number of benzene rings is 3. The highest BCUT2D eigenvalue weighted by molar-refractivity contribution is 5.89. The SMILES string of the molecule is O=C(O)C=CC(=O)O.O=c1cc(-c2ccccc2)oc2cc(OCC(O)CNCCc3ccc(O)cc3)ccc12. The van der Waals surface area contributed by atoms with Crippen LogP contribution in [0.1, 0.15) is 5.56 Å². The van der Waals surface area contributed by atoms with E-state index in [1.165, 1.54) is 6.07 Å². The summed E-state index contributed by atoms with van der Waals surface area (Å²) in [5.74, 6) is -1.24. The van der Waals surface area contributed by atoms with Crippen molar-refractivity contribution in [3.8, 4) is 22.8 Å². The number of carbonyl (C=O) groups is 2. The third-order valence-electron chi connectivity index (χ3n) is 5.48. The summed E-state index contributed by atoms with van der Waals surface area (Å²) in [6.45, 7) is 1.20. The number of nitrogens with one attached hydrogen (secondary N) is 1. The summed E-state index contributed by atoms with van der Waals surface area (Å²) >= 11 is 0. The zero-order chi connectivity index (χ0) is 28.9. The summed E-state index contributed by atoms with van der Waals surface area (Å²) in [5.41, 5.74) is 2.25. The van der Waals surface area contributed by atoms with Gasteiger partial charge in [-0.2, -0.15) is 0 Å². The fraction of sp³-hybridized carbons (Fsp3) is 0.167. The molecule has 0 aliphatic rings. The number of aliphatic hydroxyl groups excluding tert-OH is 1. The van der Waals surface area contributed by atoms with Crippen LogP contribution in [0, 0.1) is 0 Å². The highest BCUT2D eigenvalue weighted by Gasteiger charge is 2.10. The van der Waals surface area contributed by atoms with Gasteiger partial charge in [0.05, 0.1) is 5.39 Å². The van der Waals surface area contributed by atoms with Crippen molar-refractivity contribution < 1.29 is 39.2 Å². The van der Waals surface area contributed by atoms with Gasteiger partial charge in [-0.1, -0.05) is 42.5 Å².